The van der Waals surface area contributed by atoms with Gasteiger partial charge in [0.15, 0.2) is 5.16 Å². The quantitative estimate of drug-likeness (QED) is 0.378. The predicted molar refractivity (Wildman–Crippen MR) is 95.3 cm³/mol. The lowest BCUT2D eigenvalue weighted by Crippen LogP contribution is -2.21. The summed E-state index contributed by atoms with van der Waals surface area (Å²) >= 11 is 1.31. The maximum Gasteiger partial charge on any atom is 0.250 e. The number of para-hydroxylation sites is 3. The van der Waals surface area contributed by atoms with Crippen molar-refractivity contribution in [1.82, 2.24) is 15.4 Å². The Balaban J connectivity index is 1.57. The van der Waals surface area contributed by atoms with Crippen LogP contribution in [0.15, 0.2) is 58.8 Å². The average Bonchev–Trinajstić information content (AvgIpc) is 3.01. The van der Waals surface area contributed by atoms with E-state index in [0.717, 1.165) is 11.0 Å². The van der Waals surface area contributed by atoms with Crippen molar-refractivity contribution in [2.24, 2.45) is 5.10 Å². The van der Waals surface area contributed by atoms with E-state index in [2.05, 4.69) is 20.5 Å². The fourth-order valence-electron chi connectivity index (χ4n) is 2.15. The molecule has 0 spiro atoms. The number of phenols is 1. The zero-order valence-corrected chi connectivity index (χ0v) is 13.8. The fraction of sp³-hybridized carbons (Fsp3) is 0.118. The number of benzene rings is 2. The second-order valence-electron chi connectivity index (χ2n) is 5.10. The molecule has 7 heteroatoms. The van der Waals surface area contributed by atoms with Crippen LogP contribution in [0.25, 0.3) is 11.0 Å². The molecule has 0 bridgehead atoms. The van der Waals surface area contributed by atoms with Gasteiger partial charge in [0.25, 0.3) is 5.91 Å². The Morgan fingerprint density at radius 3 is 2.79 bits per heavy atom. The molecule has 2 aromatic carbocycles. The number of thioether (sulfide) groups is 1. The van der Waals surface area contributed by atoms with Crippen molar-refractivity contribution in [3.05, 3.63) is 54.1 Å². The molecule has 122 valence electrons. The molecule has 1 aromatic heterocycles. The number of aromatic amines is 1. The number of H-pyrrole nitrogens is 1. The minimum absolute atomic E-state index is 0.129. The van der Waals surface area contributed by atoms with E-state index in [9.17, 15) is 9.90 Å². The Bertz CT molecular complexity index is 871. The Kier molecular flexibility index (Phi) is 4.81. The van der Waals surface area contributed by atoms with Crippen LogP contribution in [0.5, 0.6) is 5.75 Å². The molecule has 0 unspecified atom stereocenters. The molecule has 0 saturated carbocycles. The number of amides is 1. The van der Waals surface area contributed by atoms with Crippen molar-refractivity contribution in [1.29, 1.82) is 0 Å². The van der Waals surface area contributed by atoms with Gasteiger partial charge in [0.05, 0.1) is 22.5 Å². The topological polar surface area (TPSA) is 90.4 Å². The smallest absolute Gasteiger partial charge is 0.250 e. The number of rotatable bonds is 5. The number of carbonyl (C=O) groups excluding carboxylic acids is 1. The predicted octanol–water partition coefficient (Wildman–Crippen LogP) is 2.90. The van der Waals surface area contributed by atoms with E-state index in [1.165, 1.54) is 11.8 Å². The van der Waals surface area contributed by atoms with Gasteiger partial charge < -0.3 is 10.1 Å². The van der Waals surface area contributed by atoms with Crippen LogP contribution >= 0.6 is 11.8 Å². The van der Waals surface area contributed by atoms with Crippen LogP contribution in [0.4, 0.5) is 0 Å². The maximum absolute atomic E-state index is 11.9. The van der Waals surface area contributed by atoms with Gasteiger partial charge in [0.1, 0.15) is 5.75 Å². The van der Waals surface area contributed by atoms with Crippen molar-refractivity contribution in [3.63, 3.8) is 0 Å². The highest BCUT2D eigenvalue weighted by Gasteiger charge is 2.07. The van der Waals surface area contributed by atoms with Crippen molar-refractivity contribution in [2.45, 2.75) is 12.1 Å². The summed E-state index contributed by atoms with van der Waals surface area (Å²) < 4.78 is 0. The van der Waals surface area contributed by atoms with Crippen LogP contribution in [-0.4, -0.2) is 32.4 Å². The average molecular weight is 340 g/mol. The molecule has 0 fully saturated rings. The first-order chi connectivity index (χ1) is 11.6. The van der Waals surface area contributed by atoms with E-state index in [1.54, 1.807) is 31.2 Å². The normalized spacial score (nSPS) is 11.6. The third-order valence-corrected chi connectivity index (χ3v) is 4.22. The van der Waals surface area contributed by atoms with Crippen LogP contribution in [0.2, 0.25) is 0 Å². The zero-order valence-electron chi connectivity index (χ0n) is 13.0. The summed E-state index contributed by atoms with van der Waals surface area (Å²) in [4.78, 5) is 19.5. The molecule has 3 aromatic rings. The number of aromatic nitrogens is 2. The van der Waals surface area contributed by atoms with E-state index in [-0.39, 0.29) is 17.4 Å². The van der Waals surface area contributed by atoms with Crippen molar-refractivity contribution >= 4 is 34.4 Å². The highest BCUT2D eigenvalue weighted by atomic mass is 32.2. The molecular weight excluding hydrogens is 324 g/mol. The van der Waals surface area contributed by atoms with Crippen molar-refractivity contribution in [3.8, 4) is 5.75 Å². The summed E-state index contributed by atoms with van der Waals surface area (Å²) in [6.07, 6.45) is 0. The first kappa shape index (κ1) is 16.1. The lowest BCUT2D eigenvalue weighted by molar-refractivity contribution is -0.118. The van der Waals surface area contributed by atoms with Crippen LogP contribution < -0.4 is 5.43 Å². The number of hydrogen-bond acceptors (Lipinski definition) is 5. The molecule has 0 atom stereocenters. The zero-order chi connectivity index (χ0) is 16.9. The summed E-state index contributed by atoms with van der Waals surface area (Å²) in [5.41, 5.74) is 5.42. The van der Waals surface area contributed by atoms with Crippen LogP contribution in [0, 0.1) is 0 Å². The van der Waals surface area contributed by atoms with Crippen LogP contribution in [0.3, 0.4) is 0 Å². The molecule has 0 aliphatic heterocycles. The number of carbonyl (C=O) groups is 1. The second-order valence-corrected chi connectivity index (χ2v) is 6.06. The Morgan fingerprint density at radius 1 is 1.25 bits per heavy atom. The van der Waals surface area contributed by atoms with Gasteiger partial charge in [0.2, 0.25) is 0 Å². The van der Waals surface area contributed by atoms with E-state index in [4.69, 9.17) is 0 Å². The Hall–Kier alpha value is -2.80. The fourth-order valence-corrected chi connectivity index (χ4v) is 2.83. The van der Waals surface area contributed by atoms with Gasteiger partial charge in [-0.05, 0) is 31.2 Å². The highest BCUT2D eigenvalue weighted by molar-refractivity contribution is 7.99. The lowest BCUT2D eigenvalue weighted by atomic mass is 10.1. The van der Waals surface area contributed by atoms with Crippen LogP contribution in [-0.2, 0) is 4.79 Å². The molecule has 0 saturated heterocycles. The minimum Gasteiger partial charge on any atom is -0.507 e. The van der Waals surface area contributed by atoms with E-state index >= 15 is 0 Å². The first-order valence-electron chi connectivity index (χ1n) is 7.32. The van der Waals surface area contributed by atoms with Gasteiger partial charge in [-0.2, -0.15) is 5.10 Å². The number of nitrogens with zero attached hydrogens (tertiary/aromatic N) is 2. The third-order valence-electron chi connectivity index (χ3n) is 3.35. The monoisotopic (exact) mass is 340 g/mol. The Morgan fingerprint density at radius 2 is 2.00 bits per heavy atom. The first-order valence-corrected chi connectivity index (χ1v) is 8.31. The van der Waals surface area contributed by atoms with Gasteiger partial charge in [-0.1, -0.05) is 36.0 Å². The molecule has 1 amide bonds. The number of hydrazone groups is 1. The number of phenolic OH excluding ortho intramolecular Hbond substituents is 1. The summed E-state index contributed by atoms with van der Waals surface area (Å²) in [5.74, 6) is 0.0806. The van der Waals surface area contributed by atoms with Gasteiger partial charge in [-0.15, -0.1) is 0 Å². The molecule has 3 rings (SSSR count). The van der Waals surface area contributed by atoms with Gasteiger partial charge >= 0.3 is 0 Å². The van der Waals surface area contributed by atoms with Gasteiger partial charge in [-0.25, -0.2) is 10.4 Å². The molecule has 0 aliphatic carbocycles. The van der Waals surface area contributed by atoms with E-state index in [0.29, 0.717) is 16.4 Å². The standard InChI is InChI=1S/C17H16N4O2S/c1-11(12-6-2-5-9-15(12)22)20-21-16(23)10-24-17-18-13-7-3-4-8-14(13)19-17/h2-9,22H,10H2,1H3,(H,18,19)(H,21,23). The van der Waals surface area contributed by atoms with Gasteiger partial charge in [0, 0.05) is 5.56 Å². The molecule has 1 heterocycles. The largest absolute Gasteiger partial charge is 0.507 e. The van der Waals surface area contributed by atoms with Gasteiger partial charge in [-0.3, -0.25) is 4.79 Å². The van der Waals surface area contributed by atoms with E-state index < -0.39 is 0 Å². The lowest BCUT2D eigenvalue weighted by Gasteiger charge is -2.04. The molecule has 24 heavy (non-hydrogen) atoms. The summed E-state index contributed by atoms with van der Waals surface area (Å²) in [6, 6.07) is 14.5. The molecule has 3 N–H and O–H groups in total. The third kappa shape index (κ3) is 3.75. The number of imidazole rings is 1. The molecule has 6 nitrogen and oxygen atoms in total. The highest BCUT2D eigenvalue weighted by Crippen LogP contribution is 2.19. The summed E-state index contributed by atoms with van der Waals surface area (Å²) in [7, 11) is 0. The van der Waals surface area contributed by atoms with E-state index in [1.807, 2.05) is 24.3 Å². The van der Waals surface area contributed by atoms with Crippen molar-refractivity contribution in [2.75, 3.05) is 5.75 Å². The number of fused-ring (bicyclic) bond motifs is 1. The molecular formula is C17H16N4O2S. The van der Waals surface area contributed by atoms with Crippen LogP contribution in [0.1, 0.15) is 12.5 Å². The summed E-state index contributed by atoms with van der Waals surface area (Å²) in [5, 5.41) is 14.5. The maximum atomic E-state index is 11.9. The minimum atomic E-state index is -0.241. The SMILES string of the molecule is CC(=NNC(=O)CSc1nc2ccccc2[nH]1)c1ccccc1O. The number of aromatic hydroxyl groups is 1. The molecule has 0 radical (unpaired) electrons. The summed E-state index contributed by atoms with van der Waals surface area (Å²) in [6.45, 7) is 1.72. The molecule has 0 aliphatic rings. The second kappa shape index (κ2) is 7.18. The number of nitrogens with one attached hydrogen (secondary N) is 2. The number of hydrogen-bond donors (Lipinski definition) is 3. The Labute approximate surface area is 143 Å². The van der Waals surface area contributed by atoms with Crippen molar-refractivity contribution < 1.29 is 9.90 Å².